The second-order valence-corrected chi connectivity index (χ2v) is 6.97. The van der Waals surface area contributed by atoms with Gasteiger partial charge in [-0.2, -0.15) is 0 Å². The third-order valence-corrected chi connectivity index (χ3v) is 4.92. The minimum Gasteiger partial charge on any atom is -0.469 e. The molecule has 1 aliphatic rings. The van der Waals surface area contributed by atoms with Crippen molar-refractivity contribution in [1.29, 1.82) is 0 Å². The summed E-state index contributed by atoms with van der Waals surface area (Å²) in [5.41, 5.74) is 1.58. The van der Waals surface area contributed by atoms with Gasteiger partial charge in [-0.05, 0) is 0 Å². The number of nitrogens with zero attached hydrogens (tertiary/aromatic N) is 1. The second-order valence-electron chi connectivity index (χ2n) is 5.89. The molecule has 1 amide bonds. The van der Waals surface area contributed by atoms with Crippen LogP contribution in [0.1, 0.15) is 11.3 Å². The van der Waals surface area contributed by atoms with Crippen LogP contribution in [0.25, 0.3) is 11.3 Å². The van der Waals surface area contributed by atoms with Gasteiger partial charge in [-0.3, -0.25) is 9.59 Å². The van der Waals surface area contributed by atoms with E-state index in [-0.39, 0.29) is 24.3 Å². The summed E-state index contributed by atoms with van der Waals surface area (Å²) in [5.74, 6) is -0.474. The van der Waals surface area contributed by atoms with Crippen molar-refractivity contribution in [3.05, 3.63) is 35.2 Å². The zero-order chi connectivity index (χ0) is 18.4. The third kappa shape index (κ3) is 4.87. The summed E-state index contributed by atoms with van der Waals surface area (Å²) in [6.45, 7) is 1.94. The van der Waals surface area contributed by atoms with Gasteiger partial charge in [-0.1, -0.05) is 30.3 Å². The van der Waals surface area contributed by atoms with Crippen LogP contribution in [0.4, 0.5) is 5.13 Å². The quantitative estimate of drug-likeness (QED) is 0.749. The SMILES string of the molecule is COC(=O)Cc1sc(NC(=O)CC2COCCN2)nc1-c1ccccc1. The first-order chi connectivity index (χ1) is 12.7. The molecule has 0 radical (unpaired) electrons. The fourth-order valence-corrected chi connectivity index (χ4v) is 3.68. The maximum atomic E-state index is 12.3. The van der Waals surface area contributed by atoms with Crippen LogP contribution in [0.5, 0.6) is 0 Å². The lowest BCUT2D eigenvalue weighted by atomic mass is 10.1. The lowest BCUT2D eigenvalue weighted by Gasteiger charge is -2.22. The molecule has 2 N–H and O–H groups in total. The maximum absolute atomic E-state index is 12.3. The zero-order valence-electron chi connectivity index (χ0n) is 14.5. The number of ether oxygens (including phenoxy) is 2. The van der Waals surface area contributed by atoms with Crippen LogP contribution in [0, 0.1) is 0 Å². The normalized spacial score (nSPS) is 16.9. The molecule has 1 aliphatic heterocycles. The predicted molar refractivity (Wildman–Crippen MR) is 99.1 cm³/mol. The summed E-state index contributed by atoms with van der Waals surface area (Å²) in [7, 11) is 1.35. The second kappa shape index (κ2) is 8.88. The molecule has 1 fully saturated rings. The Morgan fingerprint density at radius 2 is 2.19 bits per heavy atom. The van der Waals surface area contributed by atoms with E-state index in [1.165, 1.54) is 18.4 Å². The standard InChI is InChI=1S/C18H21N3O4S/c1-24-16(23)10-14-17(12-5-3-2-4-6-12)21-18(26-14)20-15(22)9-13-11-25-8-7-19-13/h2-6,13,19H,7-11H2,1H3,(H,20,21,22). The molecular formula is C18H21N3O4S. The average molecular weight is 375 g/mol. The number of rotatable bonds is 6. The largest absolute Gasteiger partial charge is 0.469 e. The number of anilines is 1. The Kier molecular flexibility index (Phi) is 6.32. The first-order valence-corrected chi connectivity index (χ1v) is 9.20. The van der Waals surface area contributed by atoms with E-state index in [0.717, 1.165) is 17.0 Å². The van der Waals surface area contributed by atoms with E-state index in [1.807, 2.05) is 30.3 Å². The first-order valence-electron chi connectivity index (χ1n) is 8.38. The molecule has 7 nitrogen and oxygen atoms in total. The molecule has 3 rings (SSSR count). The molecule has 1 unspecified atom stereocenters. The van der Waals surface area contributed by atoms with Crippen molar-refractivity contribution in [2.75, 3.05) is 32.2 Å². The number of hydrogen-bond acceptors (Lipinski definition) is 7. The van der Waals surface area contributed by atoms with E-state index in [4.69, 9.17) is 9.47 Å². The van der Waals surface area contributed by atoms with Gasteiger partial charge in [0.05, 0.1) is 32.4 Å². The van der Waals surface area contributed by atoms with E-state index in [9.17, 15) is 9.59 Å². The summed E-state index contributed by atoms with van der Waals surface area (Å²) in [5, 5.41) is 6.56. The van der Waals surface area contributed by atoms with E-state index in [2.05, 4.69) is 15.6 Å². The van der Waals surface area contributed by atoms with Gasteiger partial charge in [-0.15, -0.1) is 11.3 Å². The number of carbonyl (C=O) groups is 2. The van der Waals surface area contributed by atoms with Crippen molar-refractivity contribution in [1.82, 2.24) is 10.3 Å². The number of nitrogens with one attached hydrogen (secondary N) is 2. The number of hydrogen-bond donors (Lipinski definition) is 2. The molecule has 0 bridgehead atoms. The molecule has 2 heterocycles. The van der Waals surface area contributed by atoms with E-state index in [1.54, 1.807) is 0 Å². The number of methoxy groups -OCH3 is 1. The smallest absolute Gasteiger partial charge is 0.310 e. The molecule has 1 aromatic carbocycles. The van der Waals surface area contributed by atoms with Crippen LogP contribution >= 0.6 is 11.3 Å². The van der Waals surface area contributed by atoms with Crippen molar-refractivity contribution >= 4 is 28.3 Å². The molecule has 1 aromatic heterocycles. The van der Waals surface area contributed by atoms with Crippen molar-refractivity contribution in [3.8, 4) is 11.3 Å². The van der Waals surface area contributed by atoms with Crippen LogP contribution in [0.15, 0.2) is 30.3 Å². The highest BCUT2D eigenvalue weighted by Gasteiger charge is 2.20. The first kappa shape index (κ1) is 18.5. The van der Waals surface area contributed by atoms with Gasteiger partial charge in [-0.25, -0.2) is 4.98 Å². The zero-order valence-corrected chi connectivity index (χ0v) is 15.3. The lowest BCUT2D eigenvalue weighted by molar-refractivity contribution is -0.139. The van der Waals surface area contributed by atoms with Crippen LogP contribution in [0.2, 0.25) is 0 Å². The number of esters is 1. The summed E-state index contributed by atoms with van der Waals surface area (Å²) in [6, 6.07) is 9.58. The monoisotopic (exact) mass is 375 g/mol. The molecule has 1 atom stereocenters. The number of aromatic nitrogens is 1. The summed E-state index contributed by atoms with van der Waals surface area (Å²) >= 11 is 1.29. The van der Waals surface area contributed by atoms with E-state index >= 15 is 0 Å². The van der Waals surface area contributed by atoms with Crippen molar-refractivity contribution in [3.63, 3.8) is 0 Å². The van der Waals surface area contributed by atoms with Gasteiger partial charge in [0, 0.05) is 29.4 Å². The molecule has 1 saturated heterocycles. The topological polar surface area (TPSA) is 89.5 Å². The molecule has 2 aromatic rings. The van der Waals surface area contributed by atoms with Crippen molar-refractivity contribution < 1.29 is 19.1 Å². The van der Waals surface area contributed by atoms with Crippen molar-refractivity contribution in [2.45, 2.75) is 18.9 Å². The number of amides is 1. The highest BCUT2D eigenvalue weighted by molar-refractivity contribution is 7.16. The van der Waals surface area contributed by atoms with Crippen LogP contribution < -0.4 is 10.6 Å². The molecular weight excluding hydrogens is 354 g/mol. The van der Waals surface area contributed by atoms with Crippen LogP contribution in [0.3, 0.4) is 0 Å². The summed E-state index contributed by atoms with van der Waals surface area (Å²) in [6.07, 6.45) is 0.429. The third-order valence-electron chi connectivity index (χ3n) is 3.95. The Hall–Kier alpha value is -2.29. The molecule has 0 spiro atoms. The van der Waals surface area contributed by atoms with E-state index in [0.29, 0.717) is 30.5 Å². The fourth-order valence-electron chi connectivity index (χ4n) is 2.69. The number of carbonyl (C=O) groups excluding carboxylic acids is 2. The minimum absolute atomic E-state index is 0.00634. The number of morpholine rings is 1. The number of thiazole rings is 1. The average Bonchev–Trinajstić information content (AvgIpc) is 3.05. The van der Waals surface area contributed by atoms with Gasteiger partial charge in [0.15, 0.2) is 5.13 Å². The minimum atomic E-state index is -0.340. The Bertz CT molecular complexity index is 757. The van der Waals surface area contributed by atoms with Crippen LogP contribution in [-0.4, -0.2) is 49.8 Å². The molecule has 138 valence electrons. The number of benzene rings is 1. The van der Waals surface area contributed by atoms with Gasteiger partial charge in [0.25, 0.3) is 0 Å². The highest BCUT2D eigenvalue weighted by atomic mass is 32.1. The summed E-state index contributed by atoms with van der Waals surface area (Å²) in [4.78, 5) is 29.3. The predicted octanol–water partition coefficient (Wildman–Crippen LogP) is 1.84. The Morgan fingerprint density at radius 3 is 2.88 bits per heavy atom. The van der Waals surface area contributed by atoms with Gasteiger partial charge < -0.3 is 20.1 Å². The highest BCUT2D eigenvalue weighted by Crippen LogP contribution is 2.31. The van der Waals surface area contributed by atoms with Gasteiger partial charge in [0.2, 0.25) is 5.91 Å². The Labute approximate surface area is 155 Å². The fraction of sp³-hybridized carbons (Fsp3) is 0.389. The molecule has 26 heavy (non-hydrogen) atoms. The van der Waals surface area contributed by atoms with Crippen LogP contribution in [-0.2, 0) is 25.5 Å². The van der Waals surface area contributed by atoms with Gasteiger partial charge in [0.1, 0.15) is 0 Å². The summed E-state index contributed by atoms with van der Waals surface area (Å²) < 4.78 is 10.1. The van der Waals surface area contributed by atoms with Gasteiger partial charge >= 0.3 is 5.97 Å². The lowest BCUT2D eigenvalue weighted by Crippen LogP contribution is -2.43. The Balaban J connectivity index is 1.74. The Morgan fingerprint density at radius 1 is 1.38 bits per heavy atom. The van der Waals surface area contributed by atoms with Crippen molar-refractivity contribution in [2.24, 2.45) is 0 Å². The molecule has 0 aliphatic carbocycles. The molecule has 0 saturated carbocycles. The molecule has 8 heteroatoms. The maximum Gasteiger partial charge on any atom is 0.310 e. The van der Waals surface area contributed by atoms with E-state index < -0.39 is 0 Å².